The van der Waals surface area contributed by atoms with Crippen LogP contribution in [0.3, 0.4) is 0 Å². The molecule has 1 atom stereocenters. The summed E-state index contributed by atoms with van der Waals surface area (Å²) in [5.41, 5.74) is 0.756. The van der Waals surface area contributed by atoms with E-state index in [0.29, 0.717) is 24.3 Å². The third-order valence-electron chi connectivity index (χ3n) is 4.44. The summed E-state index contributed by atoms with van der Waals surface area (Å²) in [5, 5.41) is 18.8. The Morgan fingerprint density at radius 1 is 1.35 bits per heavy atom. The number of phenolic OH excluding ortho intramolecular Hbond substituents is 1. The normalized spacial score (nSPS) is 17.5. The van der Waals surface area contributed by atoms with Gasteiger partial charge >= 0.3 is 5.97 Å². The molecule has 0 aliphatic carbocycles. The minimum atomic E-state index is -1.30. The molecule has 0 saturated carbocycles. The van der Waals surface area contributed by atoms with Crippen molar-refractivity contribution in [2.45, 2.75) is 44.6 Å². The van der Waals surface area contributed by atoms with E-state index in [9.17, 15) is 19.1 Å². The Bertz CT molecular complexity index is 806. The smallest absolute Gasteiger partial charge is 0.350 e. The van der Waals surface area contributed by atoms with E-state index in [2.05, 4.69) is 4.98 Å². The van der Waals surface area contributed by atoms with E-state index in [1.54, 1.807) is 29.2 Å². The number of anilines is 1. The number of rotatable bonds is 6. The summed E-state index contributed by atoms with van der Waals surface area (Å²) in [6.45, 7) is 0. The molecule has 0 spiro atoms. The number of hydrogen-bond donors (Lipinski definition) is 2. The van der Waals surface area contributed by atoms with Gasteiger partial charge in [0.2, 0.25) is 11.9 Å². The molecule has 1 unspecified atom stereocenters. The zero-order valence-electron chi connectivity index (χ0n) is 14.0. The number of amides is 1. The van der Waals surface area contributed by atoms with E-state index in [4.69, 9.17) is 5.11 Å². The molecule has 1 saturated heterocycles. The fourth-order valence-corrected chi connectivity index (χ4v) is 4.08. The number of carboxylic acids is 1. The van der Waals surface area contributed by atoms with Crippen LogP contribution in [0.2, 0.25) is 0 Å². The second-order valence-electron chi connectivity index (χ2n) is 6.25. The molecule has 3 rings (SSSR count). The number of aryl methyl sites for hydroxylation is 1. The van der Waals surface area contributed by atoms with Gasteiger partial charge in [-0.2, -0.15) is 4.39 Å². The van der Waals surface area contributed by atoms with Gasteiger partial charge < -0.3 is 15.1 Å². The first-order valence-corrected chi connectivity index (χ1v) is 9.27. The summed E-state index contributed by atoms with van der Waals surface area (Å²) in [7, 11) is 0. The molecule has 2 N–H and O–H groups in total. The lowest BCUT2D eigenvalue weighted by atomic mass is 9.96. The van der Waals surface area contributed by atoms with Crippen LogP contribution in [0.15, 0.2) is 24.3 Å². The van der Waals surface area contributed by atoms with Crippen molar-refractivity contribution in [3.63, 3.8) is 0 Å². The van der Waals surface area contributed by atoms with Crippen molar-refractivity contribution >= 4 is 28.9 Å². The van der Waals surface area contributed by atoms with Crippen LogP contribution >= 0.6 is 11.3 Å². The average Bonchev–Trinajstić information content (AvgIpc) is 2.97. The first-order valence-electron chi connectivity index (χ1n) is 8.45. The van der Waals surface area contributed by atoms with Gasteiger partial charge in [-0.15, -0.1) is 11.3 Å². The average molecular weight is 378 g/mol. The first kappa shape index (κ1) is 18.3. The van der Waals surface area contributed by atoms with Gasteiger partial charge in [-0.05, 0) is 56.4 Å². The van der Waals surface area contributed by atoms with E-state index in [1.807, 2.05) is 0 Å². The van der Waals surface area contributed by atoms with E-state index < -0.39 is 11.9 Å². The van der Waals surface area contributed by atoms with Crippen molar-refractivity contribution in [2.24, 2.45) is 0 Å². The molecular formula is C18H19FN2O4S. The summed E-state index contributed by atoms with van der Waals surface area (Å²) in [6, 6.07) is 6.59. The number of carbonyl (C=O) groups excluding carboxylic acids is 1. The molecule has 1 aliphatic heterocycles. The lowest BCUT2D eigenvalue weighted by molar-refractivity contribution is -0.120. The summed E-state index contributed by atoms with van der Waals surface area (Å²) in [6.07, 6.45) is 4.07. The van der Waals surface area contributed by atoms with Crippen molar-refractivity contribution in [1.29, 1.82) is 0 Å². The summed E-state index contributed by atoms with van der Waals surface area (Å²) >= 11 is 0.860. The Morgan fingerprint density at radius 3 is 2.73 bits per heavy atom. The fourth-order valence-electron chi connectivity index (χ4n) is 3.25. The lowest BCUT2D eigenvalue weighted by Gasteiger charge is -2.36. The number of carbonyl (C=O) groups is 2. The van der Waals surface area contributed by atoms with Crippen LogP contribution in [0.4, 0.5) is 10.1 Å². The highest BCUT2D eigenvalue weighted by Gasteiger charge is 2.29. The van der Waals surface area contributed by atoms with Crippen LogP contribution in [0.5, 0.6) is 5.75 Å². The van der Waals surface area contributed by atoms with Crippen molar-refractivity contribution in [1.82, 2.24) is 4.98 Å². The highest BCUT2D eigenvalue weighted by molar-refractivity contribution is 7.13. The number of benzene rings is 1. The molecule has 1 aromatic heterocycles. The highest BCUT2D eigenvalue weighted by Crippen LogP contribution is 2.30. The number of aromatic nitrogens is 1. The molecule has 1 aliphatic rings. The molecule has 6 nitrogen and oxygen atoms in total. The van der Waals surface area contributed by atoms with Crippen molar-refractivity contribution < 1.29 is 24.2 Å². The molecular weight excluding hydrogens is 359 g/mol. The highest BCUT2D eigenvalue weighted by atomic mass is 32.1. The van der Waals surface area contributed by atoms with Crippen LogP contribution in [0.1, 0.15) is 46.8 Å². The van der Waals surface area contributed by atoms with Crippen molar-refractivity contribution in [3.8, 4) is 5.75 Å². The maximum absolute atomic E-state index is 13.5. The zero-order valence-corrected chi connectivity index (χ0v) is 14.8. The van der Waals surface area contributed by atoms with Crippen LogP contribution in [0, 0.1) is 5.95 Å². The van der Waals surface area contributed by atoms with Gasteiger partial charge in [0.15, 0.2) is 4.88 Å². The molecule has 8 heteroatoms. The predicted molar refractivity (Wildman–Crippen MR) is 95.2 cm³/mol. The molecule has 1 amide bonds. The van der Waals surface area contributed by atoms with Gasteiger partial charge in [0, 0.05) is 18.2 Å². The molecule has 26 heavy (non-hydrogen) atoms. The minimum absolute atomic E-state index is 0.0320. The molecule has 1 aromatic carbocycles. The van der Waals surface area contributed by atoms with Crippen LogP contribution in [0.25, 0.3) is 0 Å². The molecule has 0 bridgehead atoms. The third-order valence-corrected chi connectivity index (χ3v) is 5.52. The van der Waals surface area contributed by atoms with Gasteiger partial charge in [0.25, 0.3) is 0 Å². The topological polar surface area (TPSA) is 90.7 Å². The SMILES string of the molecule is O=C(O)c1sc(CCCC2CCCC(=O)N2c2ccc(O)cc2)nc1F. The standard InChI is InChI=1S/C18H19FN2O4S/c19-17-16(18(24)25)26-14(20-17)5-1-3-11-4-2-6-15(23)21(11)12-7-9-13(22)10-8-12/h7-11,22H,1-6H2,(H,24,25). The monoisotopic (exact) mass is 378 g/mol. The summed E-state index contributed by atoms with van der Waals surface area (Å²) in [5.74, 6) is -2.03. The van der Waals surface area contributed by atoms with E-state index >= 15 is 0 Å². The Hall–Kier alpha value is -2.48. The maximum atomic E-state index is 13.5. The molecule has 2 heterocycles. The largest absolute Gasteiger partial charge is 0.508 e. The number of hydrogen-bond acceptors (Lipinski definition) is 5. The van der Waals surface area contributed by atoms with Crippen LogP contribution in [-0.2, 0) is 11.2 Å². The van der Waals surface area contributed by atoms with Gasteiger partial charge in [0.1, 0.15) is 5.75 Å². The Balaban J connectivity index is 1.65. The number of nitrogens with zero attached hydrogens (tertiary/aromatic N) is 2. The summed E-state index contributed by atoms with van der Waals surface area (Å²) < 4.78 is 13.5. The molecule has 1 fully saturated rings. The second-order valence-corrected chi connectivity index (χ2v) is 7.33. The van der Waals surface area contributed by atoms with E-state index in [0.717, 1.165) is 36.3 Å². The second kappa shape index (κ2) is 7.82. The van der Waals surface area contributed by atoms with Gasteiger partial charge in [-0.3, -0.25) is 4.79 Å². The molecule has 0 radical (unpaired) electrons. The Labute approximate surface area is 153 Å². The van der Waals surface area contributed by atoms with Gasteiger partial charge in [-0.1, -0.05) is 0 Å². The lowest BCUT2D eigenvalue weighted by Crippen LogP contribution is -2.43. The maximum Gasteiger partial charge on any atom is 0.350 e. The minimum Gasteiger partial charge on any atom is -0.508 e. The first-order chi connectivity index (χ1) is 12.5. The number of aromatic hydroxyl groups is 1. The fraction of sp³-hybridized carbons (Fsp3) is 0.389. The number of carboxylic acid groups (broad SMARTS) is 1. The van der Waals surface area contributed by atoms with Crippen molar-refractivity contribution in [2.75, 3.05) is 4.90 Å². The summed E-state index contributed by atoms with van der Waals surface area (Å²) in [4.78, 5) is 28.4. The zero-order chi connectivity index (χ0) is 18.7. The molecule has 2 aromatic rings. The number of piperidine rings is 1. The predicted octanol–water partition coefficient (Wildman–Crippen LogP) is 3.59. The number of aromatic carboxylic acids is 1. The van der Waals surface area contributed by atoms with Gasteiger partial charge in [0.05, 0.1) is 5.01 Å². The van der Waals surface area contributed by atoms with E-state index in [1.165, 1.54) is 0 Å². The van der Waals surface area contributed by atoms with Crippen LogP contribution < -0.4 is 4.90 Å². The van der Waals surface area contributed by atoms with E-state index in [-0.39, 0.29) is 22.6 Å². The van der Waals surface area contributed by atoms with Gasteiger partial charge in [-0.25, -0.2) is 9.78 Å². The number of halogens is 1. The van der Waals surface area contributed by atoms with Crippen LogP contribution in [-0.4, -0.2) is 33.1 Å². The Morgan fingerprint density at radius 2 is 2.08 bits per heavy atom. The number of thiazole rings is 1. The Kier molecular flexibility index (Phi) is 5.51. The van der Waals surface area contributed by atoms with Crippen molar-refractivity contribution in [3.05, 3.63) is 40.1 Å². The molecule has 138 valence electrons. The quantitative estimate of drug-likeness (QED) is 0.802. The number of phenols is 1. The third kappa shape index (κ3) is 4.01.